The molecule has 2 aromatic rings. The molecule has 0 aliphatic carbocycles. The maximum absolute atomic E-state index is 12.6. The molecule has 1 N–H and O–H groups in total. The summed E-state index contributed by atoms with van der Waals surface area (Å²) in [7, 11) is 0. The van der Waals surface area contributed by atoms with Crippen molar-refractivity contribution in [3.63, 3.8) is 0 Å². The molecule has 1 aliphatic rings. The lowest BCUT2D eigenvalue weighted by molar-refractivity contribution is 0.0946. The van der Waals surface area contributed by atoms with Crippen LogP contribution in [0.3, 0.4) is 0 Å². The molecule has 134 valence electrons. The van der Waals surface area contributed by atoms with E-state index >= 15 is 0 Å². The van der Waals surface area contributed by atoms with E-state index in [0.717, 1.165) is 43.0 Å². The third kappa shape index (κ3) is 3.76. The second-order valence-corrected chi connectivity index (χ2v) is 7.30. The van der Waals surface area contributed by atoms with Crippen LogP contribution in [0.4, 0.5) is 0 Å². The Morgan fingerprint density at radius 3 is 2.76 bits per heavy atom. The van der Waals surface area contributed by atoms with Crippen LogP contribution in [0, 0.1) is 19.8 Å². The fourth-order valence-corrected chi connectivity index (χ4v) is 3.51. The van der Waals surface area contributed by atoms with E-state index in [-0.39, 0.29) is 5.91 Å². The van der Waals surface area contributed by atoms with Gasteiger partial charge in [0.25, 0.3) is 5.91 Å². The van der Waals surface area contributed by atoms with Crippen molar-refractivity contribution in [3.8, 4) is 5.69 Å². The van der Waals surface area contributed by atoms with Crippen LogP contribution in [-0.4, -0.2) is 46.3 Å². The number of amides is 1. The third-order valence-corrected chi connectivity index (χ3v) is 5.20. The number of para-hydroxylation sites is 1. The van der Waals surface area contributed by atoms with Crippen molar-refractivity contribution >= 4 is 5.91 Å². The molecular weight excluding hydrogens is 312 g/mol. The van der Waals surface area contributed by atoms with Crippen LogP contribution in [0.15, 0.2) is 30.5 Å². The molecule has 1 unspecified atom stereocenters. The van der Waals surface area contributed by atoms with Crippen LogP contribution in [-0.2, 0) is 0 Å². The van der Waals surface area contributed by atoms with Gasteiger partial charge in [-0.3, -0.25) is 4.79 Å². The highest BCUT2D eigenvalue weighted by molar-refractivity contribution is 5.95. The van der Waals surface area contributed by atoms with Crippen LogP contribution >= 0.6 is 0 Å². The SMILES string of the molecule is Cc1ccccc1-n1ncc(C(=O)NCC2CCN(C(C)C)C2)c1C. The molecule has 0 spiro atoms. The molecule has 25 heavy (non-hydrogen) atoms. The Bertz CT molecular complexity index is 750. The third-order valence-electron chi connectivity index (χ3n) is 5.20. The molecule has 5 nitrogen and oxygen atoms in total. The lowest BCUT2D eigenvalue weighted by Gasteiger charge is -2.20. The van der Waals surface area contributed by atoms with Crippen LogP contribution < -0.4 is 5.32 Å². The number of nitrogens with zero attached hydrogens (tertiary/aromatic N) is 3. The maximum Gasteiger partial charge on any atom is 0.254 e. The number of likely N-dealkylation sites (tertiary alicyclic amines) is 1. The summed E-state index contributed by atoms with van der Waals surface area (Å²) in [5, 5.41) is 7.53. The number of hydrogen-bond acceptors (Lipinski definition) is 3. The van der Waals surface area contributed by atoms with Crippen LogP contribution in [0.5, 0.6) is 0 Å². The van der Waals surface area contributed by atoms with Crippen molar-refractivity contribution in [3.05, 3.63) is 47.3 Å². The summed E-state index contributed by atoms with van der Waals surface area (Å²) in [4.78, 5) is 15.1. The second kappa shape index (κ2) is 7.40. The minimum absolute atomic E-state index is 0.0275. The molecule has 1 aromatic heterocycles. The van der Waals surface area contributed by atoms with Gasteiger partial charge in [-0.2, -0.15) is 5.10 Å². The number of rotatable bonds is 5. The van der Waals surface area contributed by atoms with Crippen molar-refractivity contribution in [1.29, 1.82) is 0 Å². The number of benzene rings is 1. The van der Waals surface area contributed by atoms with E-state index in [0.29, 0.717) is 17.5 Å². The minimum Gasteiger partial charge on any atom is -0.352 e. The Morgan fingerprint density at radius 1 is 1.32 bits per heavy atom. The highest BCUT2D eigenvalue weighted by atomic mass is 16.1. The van der Waals surface area contributed by atoms with Gasteiger partial charge in [-0.15, -0.1) is 0 Å². The topological polar surface area (TPSA) is 50.2 Å². The largest absolute Gasteiger partial charge is 0.352 e. The van der Waals surface area contributed by atoms with Crippen LogP contribution in [0.25, 0.3) is 5.69 Å². The van der Waals surface area contributed by atoms with E-state index in [2.05, 4.69) is 42.2 Å². The van der Waals surface area contributed by atoms with Gasteiger partial charge in [0, 0.05) is 19.1 Å². The first-order valence-corrected chi connectivity index (χ1v) is 9.10. The highest BCUT2D eigenvalue weighted by Gasteiger charge is 2.25. The van der Waals surface area contributed by atoms with E-state index < -0.39 is 0 Å². The number of aryl methyl sites for hydroxylation is 1. The predicted octanol–water partition coefficient (Wildman–Crippen LogP) is 2.95. The molecule has 5 heteroatoms. The summed E-state index contributed by atoms with van der Waals surface area (Å²) >= 11 is 0. The lowest BCUT2D eigenvalue weighted by atomic mass is 10.1. The summed E-state index contributed by atoms with van der Waals surface area (Å²) < 4.78 is 1.85. The standard InChI is InChI=1S/C20H28N4O/c1-14(2)23-10-9-17(13-23)11-21-20(25)18-12-22-24(16(18)4)19-8-6-5-7-15(19)3/h5-8,12,14,17H,9-11,13H2,1-4H3,(H,21,25). The van der Waals surface area contributed by atoms with Gasteiger partial charge >= 0.3 is 0 Å². The first-order chi connectivity index (χ1) is 12.0. The molecule has 1 aliphatic heterocycles. The molecule has 3 rings (SSSR count). The number of carbonyl (C=O) groups is 1. The Kier molecular flexibility index (Phi) is 5.23. The normalized spacial score (nSPS) is 18.0. The van der Waals surface area contributed by atoms with Gasteiger partial charge < -0.3 is 10.2 Å². The molecule has 1 amide bonds. The van der Waals surface area contributed by atoms with Gasteiger partial charge in [0.1, 0.15) is 0 Å². The zero-order valence-electron chi connectivity index (χ0n) is 15.6. The van der Waals surface area contributed by atoms with Gasteiger partial charge in [-0.1, -0.05) is 18.2 Å². The summed E-state index contributed by atoms with van der Waals surface area (Å²) in [5.41, 5.74) is 3.69. The molecule has 1 fully saturated rings. The van der Waals surface area contributed by atoms with Crippen LogP contribution in [0.1, 0.15) is 41.9 Å². The summed E-state index contributed by atoms with van der Waals surface area (Å²) in [6.07, 6.45) is 2.83. The first kappa shape index (κ1) is 17.7. The molecule has 0 bridgehead atoms. The van der Waals surface area contributed by atoms with Crippen molar-refractivity contribution in [2.24, 2.45) is 5.92 Å². The number of nitrogens with one attached hydrogen (secondary N) is 1. The molecule has 1 saturated heterocycles. The molecule has 2 heterocycles. The second-order valence-electron chi connectivity index (χ2n) is 7.30. The van der Waals surface area contributed by atoms with E-state index in [1.54, 1.807) is 6.20 Å². The van der Waals surface area contributed by atoms with E-state index in [9.17, 15) is 4.79 Å². The smallest absolute Gasteiger partial charge is 0.254 e. The zero-order chi connectivity index (χ0) is 18.0. The van der Waals surface area contributed by atoms with E-state index in [4.69, 9.17) is 0 Å². The number of carbonyl (C=O) groups excluding carboxylic acids is 1. The number of hydrogen-bond donors (Lipinski definition) is 1. The fourth-order valence-electron chi connectivity index (χ4n) is 3.51. The van der Waals surface area contributed by atoms with Gasteiger partial charge in [-0.05, 0) is 58.2 Å². The quantitative estimate of drug-likeness (QED) is 0.910. The average Bonchev–Trinajstić information content (AvgIpc) is 3.20. The average molecular weight is 340 g/mol. The van der Waals surface area contributed by atoms with Gasteiger partial charge in [0.15, 0.2) is 0 Å². The van der Waals surface area contributed by atoms with Gasteiger partial charge in [0.05, 0.1) is 23.1 Å². The molecule has 1 aromatic carbocycles. The zero-order valence-corrected chi connectivity index (χ0v) is 15.6. The van der Waals surface area contributed by atoms with Crippen molar-refractivity contribution in [2.45, 2.75) is 40.2 Å². The van der Waals surface area contributed by atoms with Crippen LogP contribution in [0.2, 0.25) is 0 Å². The summed E-state index contributed by atoms with van der Waals surface area (Å²) in [6.45, 7) is 11.4. The number of aromatic nitrogens is 2. The summed E-state index contributed by atoms with van der Waals surface area (Å²) in [6, 6.07) is 8.65. The first-order valence-electron chi connectivity index (χ1n) is 9.10. The Balaban J connectivity index is 1.65. The molecule has 0 saturated carbocycles. The highest BCUT2D eigenvalue weighted by Crippen LogP contribution is 2.19. The van der Waals surface area contributed by atoms with E-state index in [1.807, 2.05) is 29.8 Å². The minimum atomic E-state index is -0.0275. The van der Waals surface area contributed by atoms with Crippen molar-refractivity contribution in [1.82, 2.24) is 20.0 Å². The van der Waals surface area contributed by atoms with Gasteiger partial charge in [-0.25, -0.2) is 4.68 Å². The molecular formula is C20H28N4O. The summed E-state index contributed by atoms with van der Waals surface area (Å²) in [5.74, 6) is 0.512. The maximum atomic E-state index is 12.6. The fraction of sp³-hybridized carbons (Fsp3) is 0.500. The Labute approximate surface area is 150 Å². The Hall–Kier alpha value is -2.14. The predicted molar refractivity (Wildman–Crippen MR) is 100 cm³/mol. The molecule has 1 atom stereocenters. The van der Waals surface area contributed by atoms with Gasteiger partial charge in [0.2, 0.25) is 0 Å². The van der Waals surface area contributed by atoms with Crippen molar-refractivity contribution < 1.29 is 4.79 Å². The van der Waals surface area contributed by atoms with Crippen molar-refractivity contribution in [2.75, 3.05) is 19.6 Å². The molecule has 0 radical (unpaired) electrons. The monoisotopic (exact) mass is 340 g/mol. The Morgan fingerprint density at radius 2 is 2.08 bits per heavy atom. The van der Waals surface area contributed by atoms with E-state index in [1.165, 1.54) is 0 Å². The lowest BCUT2D eigenvalue weighted by Crippen LogP contribution is -2.33.